The molecule has 0 aromatic carbocycles. The third-order valence-corrected chi connectivity index (χ3v) is 6.57. The van der Waals surface area contributed by atoms with Gasteiger partial charge in [-0.3, -0.25) is 19.2 Å². The lowest BCUT2D eigenvalue weighted by Crippen LogP contribution is -2.37. The largest absolute Gasteiger partial charge is 0.348 e. The summed E-state index contributed by atoms with van der Waals surface area (Å²) in [4.78, 5) is 28.4. The predicted molar refractivity (Wildman–Crippen MR) is 119 cm³/mol. The number of amides is 1. The lowest BCUT2D eigenvalue weighted by Gasteiger charge is -2.27. The van der Waals surface area contributed by atoms with Gasteiger partial charge in [-0.2, -0.15) is 5.10 Å². The molecule has 0 aliphatic carbocycles. The van der Waals surface area contributed by atoms with E-state index in [1.807, 2.05) is 39.4 Å². The standard InChI is InChI=1S/C23H35N5O2/c1-7-20-22(23(30)24-13-19-16(4)25-26(6)17(19)5)21(29)12-15(3)28(20)14-18-10-9-11-27(18)8-2/h12,18H,7-11,13-14H2,1-6H3,(H,24,30). The molecule has 1 aliphatic heterocycles. The molecule has 2 aromatic heterocycles. The summed E-state index contributed by atoms with van der Waals surface area (Å²) in [6.45, 7) is 13.4. The fourth-order valence-electron chi connectivity index (χ4n) is 4.75. The quantitative estimate of drug-likeness (QED) is 0.757. The number of carbonyl (C=O) groups excluding carboxylic acids is 1. The minimum absolute atomic E-state index is 0.198. The molecule has 30 heavy (non-hydrogen) atoms. The SMILES string of the molecule is CCc1c(C(=O)NCc2c(C)nn(C)c2C)c(=O)cc(C)n1CC1CCCN1CC. The Bertz CT molecular complexity index is 988. The predicted octanol–water partition coefficient (Wildman–Crippen LogP) is 2.48. The molecule has 0 spiro atoms. The number of rotatable bonds is 7. The highest BCUT2D eigenvalue weighted by Gasteiger charge is 2.26. The summed E-state index contributed by atoms with van der Waals surface area (Å²) in [7, 11) is 1.89. The third-order valence-electron chi connectivity index (χ3n) is 6.57. The van der Waals surface area contributed by atoms with Crippen LogP contribution < -0.4 is 10.7 Å². The molecule has 0 radical (unpaired) electrons. The van der Waals surface area contributed by atoms with Crippen molar-refractivity contribution in [1.29, 1.82) is 0 Å². The Morgan fingerprint density at radius 3 is 2.60 bits per heavy atom. The van der Waals surface area contributed by atoms with E-state index in [0.29, 0.717) is 19.0 Å². The first kappa shape index (κ1) is 22.3. The average molecular weight is 414 g/mol. The van der Waals surface area contributed by atoms with E-state index in [-0.39, 0.29) is 16.9 Å². The number of nitrogens with zero attached hydrogens (tertiary/aromatic N) is 4. The first-order valence-corrected chi connectivity index (χ1v) is 11.0. The van der Waals surface area contributed by atoms with Gasteiger partial charge in [-0.1, -0.05) is 13.8 Å². The number of aromatic nitrogens is 3. The normalized spacial score (nSPS) is 16.9. The van der Waals surface area contributed by atoms with E-state index in [0.717, 1.165) is 54.4 Å². The van der Waals surface area contributed by atoms with Crippen LogP contribution in [0.1, 0.15) is 65.4 Å². The second-order valence-electron chi connectivity index (χ2n) is 8.32. The molecular weight excluding hydrogens is 378 g/mol. The molecule has 1 N–H and O–H groups in total. The average Bonchev–Trinajstić information content (AvgIpc) is 3.25. The molecule has 1 atom stereocenters. The van der Waals surface area contributed by atoms with Gasteiger partial charge in [0.15, 0.2) is 5.43 Å². The van der Waals surface area contributed by atoms with Crippen LogP contribution in [0.2, 0.25) is 0 Å². The van der Waals surface area contributed by atoms with Gasteiger partial charge in [0.05, 0.1) is 5.69 Å². The van der Waals surface area contributed by atoms with Gasteiger partial charge >= 0.3 is 0 Å². The van der Waals surface area contributed by atoms with Gasteiger partial charge in [-0.15, -0.1) is 0 Å². The summed E-state index contributed by atoms with van der Waals surface area (Å²) >= 11 is 0. The van der Waals surface area contributed by atoms with E-state index < -0.39 is 0 Å². The summed E-state index contributed by atoms with van der Waals surface area (Å²) in [5, 5.41) is 7.38. The van der Waals surface area contributed by atoms with Crippen LogP contribution in [0.4, 0.5) is 0 Å². The molecule has 2 aromatic rings. The fraction of sp³-hybridized carbons (Fsp3) is 0.609. The van der Waals surface area contributed by atoms with Crippen molar-refractivity contribution < 1.29 is 4.79 Å². The molecule has 1 aliphatic rings. The van der Waals surface area contributed by atoms with E-state index in [4.69, 9.17) is 0 Å². The van der Waals surface area contributed by atoms with Crippen molar-refractivity contribution in [3.63, 3.8) is 0 Å². The Morgan fingerprint density at radius 1 is 1.27 bits per heavy atom. The molecule has 3 rings (SSSR count). The Kier molecular flexibility index (Phi) is 6.81. The Balaban J connectivity index is 1.90. The Hall–Kier alpha value is -2.41. The van der Waals surface area contributed by atoms with E-state index in [1.54, 1.807) is 6.07 Å². The Morgan fingerprint density at radius 2 is 2.00 bits per heavy atom. The number of hydrogen-bond acceptors (Lipinski definition) is 4. The highest BCUT2D eigenvalue weighted by Crippen LogP contribution is 2.21. The van der Waals surface area contributed by atoms with Crippen LogP contribution in [0, 0.1) is 20.8 Å². The molecule has 1 amide bonds. The topological polar surface area (TPSA) is 72.2 Å². The van der Waals surface area contributed by atoms with Crippen molar-refractivity contribution in [3.05, 3.63) is 50.2 Å². The van der Waals surface area contributed by atoms with Crippen molar-refractivity contribution >= 4 is 5.91 Å². The molecule has 1 unspecified atom stereocenters. The van der Waals surface area contributed by atoms with Crippen LogP contribution in [0.15, 0.2) is 10.9 Å². The van der Waals surface area contributed by atoms with Crippen molar-refractivity contribution in [2.24, 2.45) is 7.05 Å². The molecule has 0 saturated carbocycles. The maximum Gasteiger partial charge on any atom is 0.257 e. The minimum Gasteiger partial charge on any atom is -0.348 e. The highest BCUT2D eigenvalue weighted by molar-refractivity contribution is 5.95. The number of likely N-dealkylation sites (tertiary alicyclic amines) is 1. The first-order chi connectivity index (χ1) is 14.3. The van der Waals surface area contributed by atoms with E-state index >= 15 is 0 Å². The fourth-order valence-corrected chi connectivity index (χ4v) is 4.75. The molecule has 164 valence electrons. The highest BCUT2D eigenvalue weighted by atomic mass is 16.2. The zero-order valence-corrected chi connectivity index (χ0v) is 19.2. The van der Waals surface area contributed by atoms with Gasteiger partial charge < -0.3 is 9.88 Å². The molecule has 0 bridgehead atoms. The molecule has 1 saturated heterocycles. The maximum atomic E-state index is 13.1. The molecule has 3 heterocycles. The number of pyridine rings is 1. The van der Waals surface area contributed by atoms with Gasteiger partial charge in [0.1, 0.15) is 5.56 Å². The monoisotopic (exact) mass is 413 g/mol. The van der Waals surface area contributed by atoms with Gasteiger partial charge in [-0.25, -0.2) is 0 Å². The summed E-state index contributed by atoms with van der Waals surface area (Å²) < 4.78 is 4.00. The van der Waals surface area contributed by atoms with Crippen LogP contribution in [0.25, 0.3) is 0 Å². The van der Waals surface area contributed by atoms with Gasteiger partial charge in [0.2, 0.25) is 0 Å². The van der Waals surface area contributed by atoms with E-state index in [1.165, 1.54) is 6.42 Å². The number of carbonyl (C=O) groups is 1. The van der Waals surface area contributed by atoms with Crippen molar-refractivity contribution in [3.8, 4) is 0 Å². The molecule has 7 heteroatoms. The number of aryl methyl sites for hydroxylation is 3. The van der Waals surface area contributed by atoms with Gasteiger partial charge in [0.25, 0.3) is 5.91 Å². The molecular formula is C23H35N5O2. The van der Waals surface area contributed by atoms with Crippen LogP contribution in [0.3, 0.4) is 0 Å². The number of nitrogens with one attached hydrogen (secondary N) is 1. The summed E-state index contributed by atoms with van der Waals surface area (Å²) in [6, 6.07) is 2.07. The van der Waals surface area contributed by atoms with Crippen molar-refractivity contribution in [2.45, 2.75) is 73.0 Å². The molecule has 1 fully saturated rings. The number of hydrogen-bond donors (Lipinski definition) is 1. The van der Waals surface area contributed by atoms with Crippen LogP contribution in [0.5, 0.6) is 0 Å². The first-order valence-electron chi connectivity index (χ1n) is 11.0. The number of likely N-dealkylation sites (N-methyl/N-ethyl adjacent to an activating group) is 1. The van der Waals surface area contributed by atoms with Gasteiger partial charge in [-0.05, 0) is 53.1 Å². The second-order valence-corrected chi connectivity index (χ2v) is 8.32. The van der Waals surface area contributed by atoms with Crippen molar-refractivity contribution in [2.75, 3.05) is 13.1 Å². The lowest BCUT2D eigenvalue weighted by atomic mass is 10.1. The summed E-state index contributed by atoms with van der Waals surface area (Å²) in [5.74, 6) is -0.299. The lowest BCUT2D eigenvalue weighted by molar-refractivity contribution is 0.0947. The van der Waals surface area contributed by atoms with Crippen LogP contribution in [-0.4, -0.2) is 44.3 Å². The molecule has 7 nitrogen and oxygen atoms in total. The Labute approximate surface area is 179 Å². The minimum atomic E-state index is -0.299. The van der Waals surface area contributed by atoms with Crippen molar-refractivity contribution in [1.82, 2.24) is 24.6 Å². The third kappa shape index (κ3) is 4.21. The van der Waals surface area contributed by atoms with E-state index in [2.05, 4.69) is 26.8 Å². The zero-order chi connectivity index (χ0) is 22.0. The van der Waals surface area contributed by atoms with Crippen LogP contribution in [-0.2, 0) is 26.6 Å². The van der Waals surface area contributed by atoms with E-state index in [9.17, 15) is 9.59 Å². The smallest absolute Gasteiger partial charge is 0.257 e. The summed E-state index contributed by atoms with van der Waals surface area (Å²) in [5.41, 5.74) is 4.76. The van der Waals surface area contributed by atoms with Crippen LogP contribution >= 0.6 is 0 Å². The van der Waals surface area contributed by atoms with Gasteiger partial charge in [0, 0.05) is 54.9 Å². The second kappa shape index (κ2) is 9.16. The zero-order valence-electron chi connectivity index (χ0n) is 19.2. The maximum absolute atomic E-state index is 13.1. The summed E-state index contributed by atoms with van der Waals surface area (Å²) in [6.07, 6.45) is 3.00.